The van der Waals surface area contributed by atoms with Gasteiger partial charge in [-0.3, -0.25) is 4.98 Å². The number of rotatable bonds is 5. The van der Waals surface area contributed by atoms with Crippen LogP contribution in [-0.4, -0.2) is 28.8 Å². The van der Waals surface area contributed by atoms with E-state index in [0.717, 1.165) is 28.5 Å². The van der Waals surface area contributed by atoms with Crippen molar-refractivity contribution in [2.75, 3.05) is 6.61 Å². The van der Waals surface area contributed by atoms with Crippen LogP contribution >= 0.6 is 15.9 Å². The Labute approximate surface area is 179 Å². The summed E-state index contributed by atoms with van der Waals surface area (Å²) in [4.78, 5) is 27.7. The van der Waals surface area contributed by atoms with Crippen molar-refractivity contribution in [2.24, 2.45) is 0 Å². The smallest absolute Gasteiger partial charge is 0.408 e. The molecule has 1 amide bonds. The summed E-state index contributed by atoms with van der Waals surface area (Å²) in [6.07, 6.45) is 1.19. The number of carboxylic acid groups (broad SMARTS) is 1. The number of benzene rings is 2. The summed E-state index contributed by atoms with van der Waals surface area (Å²) in [7, 11) is 0. The number of pyridine rings is 1. The highest BCUT2D eigenvalue weighted by atomic mass is 79.9. The van der Waals surface area contributed by atoms with Gasteiger partial charge in [0.05, 0.1) is 6.20 Å². The number of aliphatic carboxylic acids is 1. The van der Waals surface area contributed by atoms with E-state index >= 15 is 0 Å². The highest BCUT2D eigenvalue weighted by Gasteiger charge is 2.31. The van der Waals surface area contributed by atoms with Crippen molar-refractivity contribution in [3.8, 4) is 11.1 Å². The van der Waals surface area contributed by atoms with Crippen molar-refractivity contribution in [3.63, 3.8) is 0 Å². The molecule has 1 unspecified atom stereocenters. The molecule has 2 N–H and O–H groups in total. The first-order valence-electron chi connectivity index (χ1n) is 9.10. The number of nitrogens with one attached hydrogen (secondary N) is 1. The van der Waals surface area contributed by atoms with Gasteiger partial charge in [-0.15, -0.1) is 0 Å². The molecule has 152 valence electrons. The van der Waals surface area contributed by atoms with Gasteiger partial charge in [0.2, 0.25) is 0 Å². The van der Waals surface area contributed by atoms with Gasteiger partial charge in [-0.2, -0.15) is 0 Å². The van der Waals surface area contributed by atoms with Gasteiger partial charge in [0.15, 0.2) is 6.04 Å². The number of alkyl carbamates (subject to hydrolysis) is 1. The summed E-state index contributed by atoms with van der Waals surface area (Å²) in [5.41, 5.74) is 3.99. The molecule has 2 aromatic carbocycles. The van der Waals surface area contributed by atoms with Crippen LogP contribution in [0.5, 0.6) is 0 Å². The van der Waals surface area contributed by atoms with E-state index in [0.29, 0.717) is 0 Å². The first kappa shape index (κ1) is 20.0. The van der Waals surface area contributed by atoms with Crippen LogP contribution in [0.2, 0.25) is 0 Å². The molecule has 1 aliphatic carbocycles. The number of fused-ring (bicyclic) bond motifs is 3. The fraction of sp³-hybridized carbons (Fsp3) is 0.136. The minimum Gasteiger partial charge on any atom is -0.479 e. The summed E-state index contributed by atoms with van der Waals surface area (Å²) >= 11 is 3.08. The molecular formula is C22H16BrFN2O4. The fourth-order valence-electron chi connectivity index (χ4n) is 3.71. The van der Waals surface area contributed by atoms with Gasteiger partial charge in [-0.05, 0) is 38.2 Å². The molecule has 1 aliphatic rings. The number of ether oxygens (including phenoxy) is 1. The summed E-state index contributed by atoms with van der Waals surface area (Å²) in [6, 6.07) is 14.1. The SMILES string of the molecule is O=C(NC(C(=O)O)c1c(F)cncc1Br)OCC1c2ccccc2-c2ccccc21. The zero-order valence-electron chi connectivity index (χ0n) is 15.5. The summed E-state index contributed by atoms with van der Waals surface area (Å²) in [6.45, 7) is 0.0200. The number of carbonyl (C=O) groups excluding carboxylic acids is 1. The second-order valence-corrected chi connectivity index (χ2v) is 7.61. The number of carbonyl (C=O) groups is 2. The fourth-order valence-corrected chi connectivity index (χ4v) is 4.25. The molecule has 0 aliphatic heterocycles. The van der Waals surface area contributed by atoms with Gasteiger partial charge in [-0.25, -0.2) is 14.0 Å². The van der Waals surface area contributed by atoms with E-state index in [2.05, 4.69) is 26.2 Å². The minimum atomic E-state index is -1.63. The lowest BCUT2D eigenvalue weighted by molar-refractivity contribution is -0.139. The lowest BCUT2D eigenvalue weighted by Crippen LogP contribution is -2.35. The Bertz CT molecular complexity index is 1070. The van der Waals surface area contributed by atoms with E-state index < -0.39 is 23.9 Å². The first-order chi connectivity index (χ1) is 14.5. The Morgan fingerprint density at radius 3 is 2.27 bits per heavy atom. The molecule has 6 nitrogen and oxygen atoms in total. The average molecular weight is 471 g/mol. The topological polar surface area (TPSA) is 88.5 Å². The maximum atomic E-state index is 14.1. The van der Waals surface area contributed by atoms with Crippen molar-refractivity contribution < 1.29 is 23.8 Å². The predicted octanol–water partition coefficient (Wildman–Crippen LogP) is 4.65. The van der Waals surface area contributed by atoms with Crippen LogP contribution < -0.4 is 5.32 Å². The highest BCUT2D eigenvalue weighted by Crippen LogP contribution is 2.44. The van der Waals surface area contributed by atoms with Gasteiger partial charge in [0.25, 0.3) is 0 Å². The Morgan fingerprint density at radius 2 is 1.70 bits per heavy atom. The van der Waals surface area contributed by atoms with Gasteiger partial charge in [0, 0.05) is 22.2 Å². The standard InChI is InChI=1S/C22H16BrFN2O4/c23-17-9-25-10-18(24)19(17)20(21(27)28)26-22(29)30-11-16-14-7-3-1-5-12(14)13-6-2-4-8-15(13)16/h1-10,16,20H,11H2,(H,26,29)(H,27,28). The van der Waals surface area contributed by atoms with Crippen LogP contribution in [0.15, 0.2) is 65.4 Å². The number of aromatic nitrogens is 1. The van der Waals surface area contributed by atoms with Crippen molar-refractivity contribution >= 4 is 28.0 Å². The van der Waals surface area contributed by atoms with Gasteiger partial charge < -0.3 is 15.2 Å². The molecule has 0 radical (unpaired) electrons. The predicted molar refractivity (Wildman–Crippen MR) is 110 cm³/mol. The van der Waals surface area contributed by atoms with Crippen molar-refractivity contribution in [3.05, 3.63) is 87.9 Å². The zero-order chi connectivity index (χ0) is 21.3. The van der Waals surface area contributed by atoms with Gasteiger partial charge >= 0.3 is 12.1 Å². The zero-order valence-corrected chi connectivity index (χ0v) is 17.1. The van der Waals surface area contributed by atoms with Crippen LogP contribution in [0, 0.1) is 5.82 Å². The van der Waals surface area contributed by atoms with E-state index in [1.807, 2.05) is 48.5 Å². The third kappa shape index (κ3) is 3.66. The normalized spacial score (nSPS) is 13.3. The summed E-state index contributed by atoms with van der Waals surface area (Å²) < 4.78 is 19.6. The van der Waals surface area contributed by atoms with Gasteiger partial charge in [0.1, 0.15) is 12.4 Å². The third-order valence-electron chi connectivity index (χ3n) is 5.03. The molecule has 1 aromatic heterocycles. The summed E-state index contributed by atoms with van der Waals surface area (Å²) in [5.74, 6) is -2.44. The molecule has 0 fully saturated rings. The quantitative estimate of drug-likeness (QED) is 0.566. The van der Waals surface area contributed by atoms with E-state index in [4.69, 9.17) is 4.74 Å². The molecular weight excluding hydrogens is 455 g/mol. The first-order valence-corrected chi connectivity index (χ1v) is 9.90. The van der Waals surface area contributed by atoms with E-state index in [9.17, 15) is 19.1 Å². The molecule has 8 heteroatoms. The van der Waals surface area contributed by atoms with Crippen molar-refractivity contribution in [2.45, 2.75) is 12.0 Å². The van der Waals surface area contributed by atoms with Crippen LogP contribution in [0.25, 0.3) is 11.1 Å². The van der Waals surface area contributed by atoms with Crippen LogP contribution in [-0.2, 0) is 9.53 Å². The Hall–Kier alpha value is -3.26. The molecule has 0 saturated heterocycles. The average Bonchev–Trinajstić information content (AvgIpc) is 3.05. The third-order valence-corrected chi connectivity index (χ3v) is 5.66. The summed E-state index contributed by atoms with van der Waals surface area (Å²) in [5, 5.41) is 11.7. The Kier molecular flexibility index (Phi) is 5.50. The number of halogens is 2. The second-order valence-electron chi connectivity index (χ2n) is 6.76. The number of amides is 1. The maximum Gasteiger partial charge on any atom is 0.408 e. The maximum absolute atomic E-state index is 14.1. The monoisotopic (exact) mass is 470 g/mol. The van der Waals surface area contributed by atoms with Crippen LogP contribution in [0.1, 0.15) is 28.7 Å². The van der Waals surface area contributed by atoms with Crippen LogP contribution in [0.4, 0.5) is 9.18 Å². The molecule has 0 spiro atoms. The second kappa shape index (κ2) is 8.23. The minimum absolute atomic E-state index is 0.0200. The largest absolute Gasteiger partial charge is 0.479 e. The highest BCUT2D eigenvalue weighted by molar-refractivity contribution is 9.10. The number of nitrogens with zero attached hydrogens (tertiary/aromatic N) is 1. The van der Waals surface area contributed by atoms with Crippen molar-refractivity contribution in [1.82, 2.24) is 10.3 Å². The molecule has 0 saturated carbocycles. The molecule has 1 heterocycles. The Balaban J connectivity index is 1.52. The molecule has 4 rings (SSSR count). The van der Waals surface area contributed by atoms with Gasteiger partial charge in [-0.1, -0.05) is 48.5 Å². The van der Waals surface area contributed by atoms with E-state index in [-0.39, 0.29) is 22.6 Å². The van der Waals surface area contributed by atoms with Crippen LogP contribution in [0.3, 0.4) is 0 Å². The lowest BCUT2D eigenvalue weighted by Gasteiger charge is -2.18. The number of hydrogen-bond donors (Lipinski definition) is 2. The molecule has 30 heavy (non-hydrogen) atoms. The number of hydrogen-bond acceptors (Lipinski definition) is 4. The molecule has 0 bridgehead atoms. The molecule has 3 aromatic rings. The van der Waals surface area contributed by atoms with E-state index in [1.165, 1.54) is 6.20 Å². The molecule has 1 atom stereocenters. The number of carboxylic acids is 1. The van der Waals surface area contributed by atoms with E-state index in [1.54, 1.807) is 0 Å². The Morgan fingerprint density at radius 1 is 1.10 bits per heavy atom. The van der Waals surface area contributed by atoms with Crippen molar-refractivity contribution in [1.29, 1.82) is 0 Å². The lowest BCUT2D eigenvalue weighted by atomic mass is 9.98.